The minimum atomic E-state index is 0.137. The van der Waals surface area contributed by atoms with Crippen molar-refractivity contribution in [3.05, 3.63) is 51.5 Å². The Morgan fingerprint density at radius 1 is 1.24 bits per heavy atom. The van der Waals surface area contributed by atoms with Crippen LogP contribution in [0.2, 0.25) is 0 Å². The number of ether oxygens (including phenoxy) is 1. The van der Waals surface area contributed by atoms with Crippen molar-refractivity contribution in [2.24, 2.45) is 0 Å². The van der Waals surface area contributed by atoms with E-state index in [0.717, 1.165) is 11.6 Å². The molecule has 0 saturated heterocycles. The minimum absolute atomic E-state index is 0.137. The molecule has 0 spiro atoms. The summed E-state index contributed by atoms with van der Waals surface area (Å²) in [5.41, 5.74) is 3.69. The van der Waals surface area contributed by atoms with Gasteiger partial charge in [-0.3, -0.25) is 0 Å². The molecule has 1 atom stereocenters. The Morgan fingerprint density at radius 3 is 2.52 bits per heavy atom. The van der Waals surface area contributed by atoms with Gasteiger partial charge in [0.1, 0.15) is 5.01 Å². The molecule has 114 valence electrons. The number of aryl methyl sites for hydroxylation is 1. The van der Waals surface area contributed by atoms with Gasteiger partial charge in [0, 0.05) is 19.0 Å². The second-order valence-electron chi connectivity index (χ2n) is 5.56. The third-order valence-electron chi connectivity index (χ3n) is 3.44. The molecule has 1 N–H and O–H groups in total. The maximum Gasteiger partial charge on any atom is 0.114 e. The summed E-state index contributed by atoms with van der Waals surface area (Å²) in [5.74, 6) is 0.465. The zero-order chi connectivity index (χ0) is 15.2. The van der Waals surface area contributed by atoms with Crippen LogP contribution in [-0.4, -0.2) is 25.2 Å². The van der Waals surface area contributed by atoms with Gasteiger partial charge < -0.3 is 10.1 Å². The molecule has 0 aliphatic heterocycles. The second kappa shape index (κ2) is 7.69. The van der Waals surface area contributed by atoms with Crippen molar-refractivity contribution >= 4 is 11.3 Å². The quantitative estimate of drug-likeness (QED) is 0.788. The molecule has 0 amide bonds. The van der Waals surface area contributed by atoms with E-state index in [4.69, 9.17) is 9.72 Å². The third kappa shape index (κ3) is 4.37. The molecular formula is C17H24N2OS. The first-order valence-corrected chi connectivity index (χ1v) is 8.24. The Hall–Kier alpha value is -1.23. The lowest BCUT2D eigenvalue weighted by atomic mass is 10.1. The van der Waals surface area contributed by atoms with Crippen LogP contribution in [0, 0.1) is 6.92 Å². The summed E-state index contributed by atoms with van der Waals surface area (Å²) in [6.45, 7) is 7.98. The lowest BCUT2D eigenvalue weighted by Crippen LogP contribution is -2.26. The van der Waals surface area contributed by atoms with Crippen LogP contribution in [-0.2, 0) is 4.74 Å². The topological polar surface area (TPSA) is 34.1 Å². The van der Waals surface area contributed by atoms with Crippen LogP contribution >= 0.6 is 11.3 Å². The first-order chi connectivity index (χ1) is 10.1. The number of hydrogen-bond donors (Lipinski definition) is 1. The number of benzene rings is 1. The van der Waals surface area contributed by atoms with E-state index in [9.17, 15) is 0 Å². The molecule has 0 fully saturated rings. The van der Waals surface area contributed by atoms with Crippen molar-refractivity contribution in [1.82, 2.24) is 10.3 Å². The molecule has 0 bridgehead atoms. The predicted molar refractivity (Wildman–Crippen MR) is 89.1 cm³/mol. The monoisotopic (exact) mass is 304 g/mol. The molecule has 3 nitrogen and oxygen atoms in total. The summed E-state index contributed by atoms with van der Waals surface area (Å²) in [5, 5.41) is 6.84. The molecule has 2 aromatic rings. The zero-order valence-corrected chi connectivity index (χ0v) is 14.0. The summed E-state index contributed by atoms with van der Waals surface area (Å²) in [6, 6.07) is 8.79. The number of aromatic nitrogens is 1. The maximum atomic E-state index is 5.15. The van der Waals surface area contributed by atoms with Gasteiger partial charge in [0.25, 0.3) is 0 Å². The van der Waals surface area contributed by atoms with Crippen molar-refractivity contribution in [3.63, 3.8) is 0 Å². The van der Waals surface area contributed by atoms with Crippen LogP contribution < -0.4 is 5.32 Å². The van der Waals surface area contributed by atoms with Gasteiger partial charge in [-0.25, -0.2) is 4.98 Å². The van der Waals surface area contributed by atoms with E-state index in [1.807, 2.05) is 0 Å². The molecular weight excluding hydrogens is 280 g/mol. The SMILES string of the molecule is COCCNC(c1ccc(C)cc1)c1nc(C(C)C)cs1. The molecule has 4 heteroatoms. The largest absolute Gasteiger partial charge is 0.383 e. The lowest BCUT2D eigenvalue weighted by Gasteiger charge is -2.17. The molecule has 0 radical (unpaired) electrons. The zero-order valence-electron chi connectivity index (χ0n) is 13.2. The van der Waals surface area contributed by atoms with E-state index in [1.54, 1.807) is 18.4 Å². The highest BCUT2D eigenvalue weighted by molar-refractivity contribution is 7.09. The molecule has 1 aromatic carbocycles. The molecule has 0 saturated carbocycles. The second-order valence-corrected chi connectivity index (χ2v) is 6.45. The number of methoxy groups -OCH3 is 1. The first-order valence-electron chi connectivity index (χ1n) is 7.36. The number of rotatable bonds is 7. The Kier molecular flexibility index (Phi) is 5.91. The Bertz CT molecular complexity index is 548. The van der Waals surface area contributed by atoms with Crippen LogP contribution in [0.4, 0.5) is 0 Å². The predicted octanol–water partition coefficient (Wildman–Crippen LogP) is 3.90. The molecule has 1 unspecified atom stereocenters. The molecule has 1 aromatic heterocycles. The van der Waals surface area contributed by atoms with Crippen molar-refractivity contribution in [2.45, 2.75) is 32.7 Å². The molecule has 21 heavy (non-hydrogen) atoms. The van der Waals surface area contributed by atoms with Gasteiger partial charge >= 0.3 is 0 Å². The van der Waals surface area contributed by atoms with E-state index in [2.05, 4.69) is 55.7 Å². The highest BCUT2D eigenvalue weighted by atomic mass is 32.1. The maximum absolute atomic E-state index is 5.15. The highest BCUT2D eigenvalue weighted by Crippen LogP contribution is 2.27. The Morgan fingerprint density at radius 2 is 1.95 bits per heavy atom. The van der Waals surface area contributed by atoms with Crippen molar-refractivity contribution < 1.29 is 4.74 Å². The van der Waals surface area contributed by atoms with E-state index in [-0.39, 0.29) is 6.04 Å². The van der Waals surface area contributed by atoms with Gasteiger partial charge in [0.15, 0.2) is 0 Å². The van der Waals surface area contributed by atoms with E-state index < -0.39 is 0 Å². The number of nitrogens with zero attached hydrogens (tertiary/aromatic N) is 1. The molecule has 0 aliphatic carbocycles. The highest BCUT2D eigenvalue weighted by Gasteiger charge is 2.18. The van der Waals surface area contributed by atoms with Gasteiger partial charge in [0.05, 0.1) is 18.3 Å². The summed E-state index contributed by atoms with van der Waals surface area (Å²) >= 11 is 1.73. The fraction of sp³-hybridized carbons (Fsp3) is 0.471. The summed E-state index contributed by atoms with van der Waals surface area (Å²) in [4.78, 5) is 4.80. The summed E-state index contributed by atoms with van der Waals surface area (Å²) in [7, 11) is 1.73. The van der Waals surface area contributed by atoms with E-state index >= 15 is 0 Å². The van der Waals surface area contributed by atoms with Gasteiger partial charge in [-0.1, -0.05) is 43.7 Å². The summed E-state index contributed by atoms with van der Waals surface area (Å²) < 4.78 is 5.15. The fourth-order valence-corrected chi connectivity index (χ4v) is 3.19. The minimum Gasteiger partial charge on any atom is -0.383 e. The number of hydrogen-bond acceptors (Lipinski definition) is 4. The van der Waals surface area contributed by atoms with Crippen LogP contribution in [0.1, 0.15) is 47.6 Å². The van der Waals surface area contributed by atoms with Crippen molar-refractivity contribution in [3.8, 4) is 0 Å². The van der Waals surface area contributed by atoms with Crippen LogP contribution in [0.5, 0.6) is 0 Å². The molecule has 1 heterocycles. The van der Waals surface area contributed by atoms with Crippen LogP contribution in [0.25, 0.3) is 0 Å². The standard InChI is InChI=1S/C17H24N2OS/c1-12(2)15-11-21-17(19-15)16(18-9-10-20-4)14-7-5-13(3)6-8-14/h5-8,11-12,16,18H,9-10H2,1-4H3. The smallest absolute Gasteiger partial charge is 0.114 e. The van der Waals surface area contributed by atoms with Crippen molar-refractivity contribution in [2.75, 3.05) is 20.3 Å². The third-order valence-corrected chi connectivity index (χ3v) is 4.37. The molecule has 0 aliphatic rings. The Labute approximate surface area is 131 Å². The number of thiazole rings is 1. The van der Waals surface area contributed by atoms with Gasteiger partial charge in [-0.2, -0.15) is 0 Å². The van der Waals surface area contributed by atoms with Crippen LogP contribution in [0.3, 0.4) is 0 Å². The summed E-state index contributed by atoms with van der Waals surface area (Å²) in [6.07, 6.45) is 0. The Balaban J connectivity index is 2.23. The number of nitrogens with one attached hydrogen (secondary N) is 1. The van der Waals surface area contributed by atoms with Gasteiger partial charge in [0.2, 0.25) is 0 Å². The normalized spacial score (nSPS) is 12.8. The van der Waals surface area contributed by atoms with Crippen LogP contribution in [0.15, 0.2) is 29.6 Å². The van der Waals surface area contributed by atoms with Gasteiger partial charge in [-0.05, 0) is 18.4 Å². The van der Waals surface area contributed by atoms with Crippen molar-refractivity contribution in [1.29, 1.82) is 0 Å². The average Bonchev–Trinajstić information content (AvgIpc) is 2.95. The molecule has 2 rings (SSSR count). The first kappa shape index (κ1) is 16.1. The van der Waals surface area contributed by atoms with E-state index in [0.29, 0.717) is 12.5 Å². The van der Waals surface area contributed by atoms with E-state index in [1.165, 1.54) is 16.8 Å². The average molecular weight is 304 g/mol. The lowest BCUT2D eigenvalue weighted by molar-refractivity contribution is 0.197. The van der Waals surface area contributed by atoms with Gasteiger partial charge in [-0.15, -0.1) is 11.3 Å². The fourth-order valence-electron chi connectivity index (χ4n) is 2.11.